The fourth-order valence-electron chi connectivity index (χ4n) is 1.44. The quantitative estimate of drug-likeness (QED) is 0.504. The van der Waals surface area contributed by atoms with E-state index in [9.17, 15) is 0 Å². The summed E-state index contributed by atoms with van der Waals surface area (Å²) in [5, 5.41) is 0. The van der Waals surface area contributed by atoms with Crippen LogP contribution in [-0.2, 0) is 0 Å². The van der Waals surface area contributed by atoms with Crippen LogP contribution in [0.3, 0.4) is 0 Å². The molecule has 1 fully saturated rings. The zero-order valence-electron chi connectivity index (χ0n) is 6.39. The predicted molar refractivity (Wildman–Crippen MR) is 44.9 cm³/mol. The van der Waals surface area contributed by atoms with Gasteiger partial charge in [-0.05, 0) is 36.2 Å². The molecule has 0 aromatic carbocycles. The smallest absolute Gasteiger partial charge is 0.00417 e. The topological polar surface area (TPSA) is 0 Å². The fraction of sp³-hybridized carbons (Fsp3) is 1.00. The van der Waals surface area contributed by atoms with Crippen LogP contribution in [0.2, 0.25) is 0 Å². The van der Waals surface area contributed by atoms with Crippen molar-refractivity contribution in [2.24, 2.45) is 11.8 Å². The van der Waals surface area contributed by atoms with Gasteiger partial charge in [-0.2, -0.15) is 11.8 Å². The summed E-state index contributed by atoms with van der Waals surface area (Å²) in [7, 11) is 0. The van der Waals surface area contributed by atoms with E-state index in [0.717, 1.165) is 11.8 Å². The van der Waals surface area contributed by atoms with Gasteiger partial charge in [0, 0.05) is 0 Å². The molecule has 2 atom stereocenters. The van der Waals surface area contributed by atoms with Crippen LogP contribution in [0.25, 0.3) is 0 Å². The van der Waals surface area contributed by atoms with Gasteiger partial charge in [0.25, 0.3) is 0 Å². The van der Waals surface area contributed by atoms with E-state index >= 15 is 0 Å². The first-order chi connectivity index (χ1) is 4.29. The fourth-order valence-corrected chi connectivity index (χ4v) is 2.72. The minimum Gasteiger partial charge on any atom is -0.162 e. The van der Waals surface area contributed by atoms with Crippen molar-refractivity contribution in [1.29, 1.82) is 0 Å². The third-order valence-corrected chi connectivity index (χ3v) is 3.29. The summed E-state index contributed by atoms with van der Waals surface area (Å²) in [5.41, 5.74) is 0. The van der Waals surface area contributed by atoms with Crippen LogP contribution in [0.15, 0.2) is 0 Å². The third kappa shape index (κ3) is 2.61. The zero-order chi connectivity index (χ0) is 6.69. The molecule has 0 unspecified atom stereocenters. The molecule has 1 aliphatic rings. The molecular weight excluding hydrogens is 128 g/mol. The van der Waals surface area contributed by atoms with Gasteiger partial charge in [0.15, 0.2) is 0 Å². The first kappa shape index (κ1) is 7.46. The van der Waals surface area contributed by atoms with Crippen molar-refractivity contribution in [3.8, 4) is 0 Å². The van der Waals surface area contributed by atoms with Gasteiger partial charge in [-0.15, -0.1) is 0 Å². The largest absolute Gasteiger partial charge is 0.162 e. The predicted octanol–water partition coefficient (Wildman–Crippen LogP) is 2.79. The van der Waals surface area contributed by atoms with Crippen LogP contribution in [-0.4, -0.2) is 11.5 Å². The Morgan fingerprint density at radius 1 is 1.22 bits per heavy atom. The van der Waals surface area contributed by atoms with Gasteiger partial charge < -0.3 is 0 Å². The molecule has 0 aromatic rings. The van der Waals surface area contributed by atoms with Gasteiger partial charge in [0.05, 0.1) is 0 Å². The van der Waals surface area contributed by atoms with Crippen molar-refractivity contribution >= 4 is 11.8 Å². The summed E-state index contributed by atoms with van der Waals surface area (Å²) < 4.78 is 0. The van der Waals surface area contributed by atoms with Gasteiger partial charge >= 0.3 is 0 Å². The van der Waals surface area contributed by atoms with Gasteiger partial charge in [0.1, 0.15) is 0 Å². The van der Waals surface area contributed by atoms with E-state index < -0.39 is 0 Å². The van der Waals surface area contributed by atoms with Crippen molar-refractivity contribution < 1.29 is 0 Å². The maximum atomic E-state index is 2.38. The highest BCUT2D eigenvalue weighted by molar-refractivity contribution is 7.99. The number of hydrogen-bond acceptors (Lipinski definition) is 1. The van der Waals surface area contributed by atoms with E-state index in [4.69, 9.17) is 0 Å². The van der Waals surface area contributed by atoms with Crippen molar-refractivity contribution in [3.05, 3.63) is 0 Å². The van der Waals surface area contributed by atoms with Gasteiger partial charge in [-0.3, -0.25) is 0 Å². The van der Waals surface area contributed by atoms with Gasteiger partial charge in [-0.25, -0.2) is 0 Å². The van der Waals surface area contributed by atoms with E-state index in [1.54, 1.807) is 0 Å². The molecule has 1 saturated heterocycles. The van der Waals surface area contributed by atoms with Crippen molar-refractivity contribution in [3.63, 3.8) is 0 Å². The Hall–Kier alpha value is 0.350. The summed E-state index contributed by atoms with van der Waals surface area (Å²) in [5.74, 6) is 4.73. The highest BCUT2D eigenvalue weighted by Crippen LogP contribution is 2.25. The van der Waals surface area contributed by atoms with E-state index in [1.165, 1.54) is 24.3 Å². The molecular formula is C8H16S. The summed E-state index contributed by atoms with van der Waals surface area (Å²) in [6.45, 7) is 4.75. The molecule has 0 nitrogen and oxygen atoms in total. The van der Waals surface area contributed by atoms with E-state index in [0.29, 0.717) is 0 Å². The number of rotatable bonds is 0. The average Bonchev–Trinajstić information content (AvgIpc) is 1.93. The minimum absolute atomic E-state index is 0.965. The summed E-state index contributed by atoms with van der Waals surface area (Å²) in [6, 6.07) is 0. The summed E-state index contributed by atoms with van der Waals surface area (Å²) >= 11 is 2.13. The highest BCUT2D eigenvalue weighted by atomic mass is 32.2. The Labute approximate surface area is 62.4 Å². The average molecular weight is 144 g/mol. The number of hydrogen-bond donors (Lipinski definition) is 0. The molecule has 0 amide bonds. The molecule has 1 rings (SSSR count). The van der Waals surface area contributed by atoms with E-state index in [-0.39, 0.29) is 0 Å². The summed E-state index contributed by atoms with van der Waals surface area (Å²) in [6.07, 6.45) is 2.89. The van der Waals surface area contributed by atoms with Crippen LogP contribution in [0.4, 0.5) is 0 Å². The van der Waals surface area contributed by atoms with Gasteiger partial charge in [-0.1, -0.05) is 13.8 Å². The third-order valence-electron chi connectivity index (χ3n) is 1.96. The van der Waals surface area contributed by atoms with Crippen LogP contribution in [0.1, 0.15) is 26.7 Å². The monoisotopic (exact) mass is 144 g/mol. The van der Waals surface area contributed by atoms with Crippen LogP contribution in [0, 0.1) is 11.8 Å². The molecule has 54 valence electrons. The molecule has 1 heterocycles. The van der Waals surface area contributed by atoms with E-state index in [1.807, 2.05) is 0 Å². The molecule has 0 spiro atoms. The molecule has 0 saturated carbocycles. The molecule has 0 radical (unpaired) electrons. The maximum absolute atomic E-state index is 2.38. The lowest BCUT2D eigenvalue weighted by molar-refractivity contribution is 0.444. The Kier molecular flexibility index (Phi) is 2.90. The van der Waals surface area contributed by atoms with Crippen LogP contribution >= 0.6 is 11.8 Å². The van der Waals surface area contributed by atoms with Crippen molar-refractivity contribution in [2.75, 3.05) is 11.5 Å². The van der Waals surface area contributed by atoms with Crippen LogP contribution in [0.5, 0.6) is 0 Å². The maximum Gasteiger partial charge on any atom is -0.00417 e. The second-order valence-corrected chi connectivity index (χ2v) is 4.46. The molecule has 9 heavy (non-hydrogen) atoms. The van der Waals surface area contributed by atoms with Crippen molar-refractivity contribution in [1.82, 2.24) is 0 Å². The molecule has 1 heteroatoms. The highest BCUT2D eigenvalue weighted by Gasteiger charge is 2.12. The molecule has 0 N–H and O–H groups in total. The minimum atomic E-state index is 0.965. The van der Waals surface area contributed by atoms with E-state index in [2.05, 4.69) is 25.6 Å². The number of thioether (sulfide) groups is 1. The molecule has 1 aliphatic heterocycles. The summed E-state index contributed by atoms with van der Waals surface area (Å²) in [4.78, 5) is 0. The molecule has 0 aromatic heterocycles. The Morgan fingerprint density at radius 3 is 2.78 bits per heavy atom. The lowest BCUT2D eigenvalue weighted by Crippen LogP contribution is -2.00. The lowest BCUT2D eigenvalue weighted by atomic mass is 9.97. The zero-order valence-corrected chi connectivity index (χ0v) is 7.21. The Morgan fingerprint density at radius 2 is 2.00 bits per heavy atom. The van der Waals surface area contributed by atoms with Gasteiger partial charge in [0.2, 0.25) is 0 Å². The second-order valence-electron chi connectivity index (χ2n) is 3.31. The van der Waals surface area contributed by atoms with Crippen LogP contribution < -0.4 is 0 Å². The first-order valence-corrected chi connectivity index (χ1v) is 5.02. The standard InChI is InChI=1S/C8H16S/c1-7-3-4-9-6-8(2)5-7/h7-8H,3-6H2,1-2H3/t7-,8-/m0/s1. The SMILES string of the molecule is C[C@@H]1CSCC[C@H](C)C1. The Bertz CT molecular complexity index is 70.6. The Balaban J connectivity index is 2.29. The second kappa shape index (κ2) is 3.50. The normalized spacial score (nSPS) is 38.0. The lowest BCUT2D eigenvalue weighted by Gasteiger charge is -2.09. The van der Waals surface area contributed by atoms with Crippen molar-refractivity contribution in [2.45, 2.75) is 26.7 Å². The first-order valence-electron chi connectivity index (χ1n) is 3.87. The molecule has 0 bridgehead atoms. The molecule has 0 aliphatic carbocycles.